The van der Waals surface area contributed by atoms with Crippen LogP contribution < -0.4 is 9.47 Å². The minimum Gasteiger partial charge on any atom is -0.434 e. The van der Waals surface area contributed by atoms with Crippen molar-refractivity contribution in [3.05, 3.63) is 47.5 Å². The summed E-state index contributed by atoms with van der Waals surface area (Å²) >= 11 is 0. The monoisotopic (exact) mass is 410 g/mol. The molecule has 0 bridgehead atoms. The zero-order valence-corrected chi connectivity index (χ0v) is 17.7. The Balaban J connectivity index is 2.26. The highest BCUT2D eigenvalue weighted by Crippen LogP contribution is 2.45. The summed E-state index contributed by atoms with van der Waals surface area (Å²) in [6, 6.07) is 11.2. The van der Waals surface area contributed by atoms with Gasteiger partial charge in [-0.25, -0.2) is 9.59 Å². The number of carbonyl (C=O) groups excluding carboxylic acids is 2. The van der Waals surface area contributed by atoms with Crippen molar-refractivity contribution in [2.45, 2.75) is 40.5 Å². The third-order valence-electron chi connectivity index (χ3n) is 4.71. The molecule has 6 nitrogen and oxygen atoms in total. The summed E-state index contributed by atoms with van der Waals surface area (Å²) in [7, 11) is 0. The van der Waals surface area contributed by atoms with E-state index in [1.54, 1.807) is 0 Å². The molecule has 0 saturated carbocycles. The standard InChI is InChI=1S/C24H26O6/c1-5-13-27-23(25)29-21-17-11-7-10-16(4)20(17)22(30-24(26)28-14-6-2)18-12-8-9-15(3)19(18)21/h7-12H,5-6,13-14H2,1-4H3. The van der Waals surface area contributed by atoms with Gasteiger partial charge in [-0.1, -0.05) is 50.2 Å². The van der Waals surface area contributed by atoms with Gasteiger partial charge < -0.3 is 18.9 Å². The molecule has 0 aliphatic heterocycles. The third-order valence-corrected chi connectivity index (χ3v) is 4.71. The first kappa shape index (κ1) is 21.4. The molecule has 3 aromatic rings. The second-order valence-electron chi connectivity index (χ2n) is 7.05. The molecule has 0 aromatic heterocycles. The molecular formula is C24H26O6. The molecule has 0 amide bonds. The minimum absolute atomic E-state index is 0.275. The van der Waals surface area contributed by atoms with Gasteiger partial charge in [-0.05, 0) is 37.8 Å². The van der Waals surface area contributed by atoms with E-state index in [1.807, 2.05) is 64.1 Å². The van der Waals surface area contributed by atoms with Crippen LogP contribution in [-0.2, 0) is 9.47 Å². The van der Waals surface area contributed by atoms with Gasteiger partial charge in [0, 0.05) is 21.5 Å². The fourth-order valence-corrected chi connectivity index (χ4v) is 3.39. The van der Waals surface area contributed by atoms with Gasteiger partial charge in [0.05, 0.1) is 13.2 Å². The molecule has 0 saturated heterocycles. The fraction of sp³-hybridized carbons (Fsp3) is 0.333. The fourth-order valence-electron chi connectivity index (χ4n) is 3.39. The highest BCUT2D eigenvalue weighted by molar-refractivity contribution is 6.14. The smallest absolute Gasteiger partial charge is 0.434 e. The van der Waals surface area contributed by atoms with Crippen molar-refractivity contribution < 1.29 is 28.5 Å². The van der Waals surface area contributed by atoms with Crippen molar-refractivity contribution in [1.82, 2.24) is 0 Å². The van der Waals surface area contributed by atoms with Gasteiger partial charge in [0.15, 0.2) is 11.5 Å². The van der Waals surface area contributed by atoms with Crippen LogP contribution in [0.2, 0.25) is 0 Å². The quantitative estimate of drug-likeness (QED) is 0.264. The number of aryl methyl sites for hydroxylation is 2. The SMILES string of the molecule is CCCOC(=O)Oc1c2cccc(C)c2c(OC(=O)OCCC)c2cccc(C)c12. The molecular weight excluding hydrogens is 384 g/mol. The Hall–Kier alpha value is -3.28. The highest BCUT2D eigenvalue weighted by atomic mass is 16.7. The summed E-state index contributed by atoms with van der Waals surface area (Å²) in [6.07, 6.45) is -0.136. The lowest BCUT2D eigenvalue weighted by atomic mass is 9.95. The van der Waals surface area contributed by atoms with Gasteiger partial charge in [0.25, 0.3) is 0 Å². The molecule has 0 radical (unpaired) electrons. The molecule has 0 N–H and O–H groups in total. The Morgan fingerprint density at radius 2 is 1.10 bits per heavy atom. The molecule has 0 atom stereocenters. The van der Waals surface area contributed by atoms with Crippen molar-refractivity contribution in [2.75, 3.05) is 13.2 Å². The third kappa shape index (κ3) is 4.32. The average molecular weight is 410 g/mol. The maximum Gasteiger partial charge on any atom is 0.513 e. The first-order valence-electron chi connectivity index (χ1n) is 10.1. The summed E-state index contributed by atoms with van der Waals surface area (Å²) in [5, 5.41) is 2.68. The second kappa shape index (κ2) is 9.48. The zero-order valence-electron chi connectivity index (χ0n) is 17.7. The van der Waals surface area contributed by atoms with E-state index in [1.165, 1.54) is 0 Å². The van der Waals surface area contributed by atoms with E-state index in [9.17, 15) is 9.59 Å². The Labute approximate surface area is 175 Å². The largest absolute Gasteiger partial charge is 0.513 e. The summed E-state index contributed by atoms with van der Waals surface area (Å²) in [6.45, 7) is 8.19. The summed E-state index contributed by atoms with van der Waals surface area (Å²) < 4.78 is 21.6. The molecule has 3 aromatic carbocycles. The predicted octanol–water partition coefficient (Wildman–Crippen LogP) is 6.46. The normalized spacial score (nSPS) is 10.8. The Bertz CT molecular complexity index is 999. The van der Waals surface area contributed by atoms with Gasteiger partial charge in [-0.3, -0.25) is 0 Å². The van der Waals surface area contributed by atoms with Crippen LogP contribution in [0.25, 0.3) is 21.5 Å². The predicted molar refractivity (Wildman–Crippen MR) is 115 cm³/mol. The van der Waals surface area contributed by atoms with Gasteiger partial charge in [-0.15, -0.1) is 0 Å². The van der Waals surface area contributed by atoms with Crippen LogP contribution in [0.5, 0.6) is 11.5 Å². The Kier molecular flexibility index (Phi) is 6.77. The van der Waals surface area contributed by atoms with Crippen molar-refractivity contribution in [3.63, 3.8) is 0 Å². The van der Waals surface area contributed by atoms with Crippen LogP contribution in [0.15, 0.2) is 36.4 Å². The number of ether oxygens (including phenoxy) is 4. The van der Waals surface area contributed by atoms with Gasteiger partial charge in [0.1, 0.15) is 0 Å². The van der Waals surface area contributed by atoms with Crippen molar-refractivity contribution in [1.29, 1.82) is 0 Å². The van der Waals surface area contributed by atoms with Crippen molar-refractivity contribution in [2.24, 2.45) is 0 Å². The lowest BCUT2D eigenvalue weighted by molar-refractivity contribution is 0.0984. The van der Waals surface area contributed by atoms with Gasteiger partial charge in [-0.2, -0.15) is 0 Å². The first-order valence-corrected chi connectivity index (χ1v) is 10.1. The Morgan fingerprint density at radius 3 is 1.47 bits per heavy atom. The van der Waals surface area contributed by atoms with Gasteiger partial charge >= 0.3 is 12.3 Å². The lowest BCUT2D eigenvalue weighted by Gasteiger charge is -2.18. The summed E-state index contributed by atoms with van der Waals surface area (Å²) in [4.78, 5) is 24.6. The average Bonchev–Trinajstić information content (AvgIpc) is 2.73. The second-order valence-corrected chi connectivity index (χ2v) is 7.05. The summed E-state index contributed by atoms with van der Waals surface area (Å²) in [5.74, 6) is 0.773. The van der Waals surface area contributed by atoms with Crippen LogP contribution in [0.1, 0.15) is 37.8 Å². The highest BCUT2D eigenvalue weighted by Gasteiger charge is 2.23. The maximum atomic E-state index is 12.3. The van der Waals surface area contributed by atoms with Crippen LogP contribution in [0.4, 0.5) is 9.59 Å². The zero-order chi connectivity index (χ0) is 21.7. The molecule has 158 valence electrons. The number of hydrogen-bond donors (Lipinski definition) is 0. The van der Waals surface area contributed by atoms with Crippen LogP contribution in [0, 0.1) is 13.8 Å². The van der Waals surface area contributed by atoms with Gasteiger partial charge in [0.2, 0.25) is 0 Å². The van der Waals surface area contributed by atoms with Crippen molar-refractivity contribution in [3.8, 4) is 11.5 Å². The number of hydrogen-bond acceptors (Lipinski definition) is 6. The van der Waals surface area contributed by atoms with E-state index in [2.05, 4.69) is 0 Å². The molecule has 0 spiro atoms. The minimum atomic E-state index is -0.764. The van der Waals surface area contributed by atoms with E-state index >= 15 is 0 Å². The molecule has 0 aliphatic rings. The van der Waals surface area contributed by atoms with E-state index in [0.29, 0.717) is 45.9 Å². The summed E-state index contributed by atoms with van der Waals surface area (Å²) in [5.41, 5.74) is 1.75. The molecule has 0 fully saturated rings. The van der Waals surface area contributed by atoms with Crippen molar-refractivity contribution >= 4 is 33.9 Å². The lowest BCUT2D eigenvalue weighted by Crippen LogP contribution is -2.14. The number of fused-ring (bicyclic) bond motifs is 2. The molecule has 0 heterocycles. The molecule has 0 unspecified atom stereocenters. The molecule has 6 heteroatoms. The van der Waals surface area contributed by atoms with E-state index < -0.39 is 12.3 Å². The maximum absolute atomic E-state index is 12.3. The van der Waals surface area contributed by atoms with E-state index in [-0.39, 0.29) is 13.2 Å². The first-order chi connectivity index (χ1) is 14.5. The van der Waals surface area contributed by atoms with Crippen LogP contribution in [0.3, 0.4) is 0 Å². The Morgan fingerprint density at radius 1 is 0.700 bits per heavy atom. The molecule has 30 heavy (non-hydrogen) atoms. The van der Waals surface area contributed by atoms with Crippen LogP contribution in [-0.4, -0.2) is 25.5 Å². The van der Waals surface area contributed by atoms with E-state index in [4.69, 9.17) is 18.9 Å². The number of benzene rings is 3. The molecule has 3 rings (SSSR count). The van der Waals surface area contributed by atoms with Crippen LogP contribution >= 0.6 is 0 Å². The topological polar surface area (TPSA) is 71.1 Å². The number of rotatable bonds is 6. The number of carbonyl (C=O) groups is 2. The van der Waals surface area contributed by atoms with E-state index in [0.717, 1.165) is 11.1 Å². The molecule has 0 aliphatic carbocycles.